The van der Waals surface area contributed by atoms with Crippen LogP contribution >= 0.6 is 0 Å². The summed E-state index contributed by atoms with van der Waals surface area (Å²) in [5, 5.41) is 11.6. The highest BCUT2D eigenvalue weighted by Gasteiger charge is 2.33. The number of aromatic nitrogens is 4. The molecule has 0 aliphatic rings. The smallest absolute Gasteiger partial charge is 0.309 e. The number of ether oxygens (including phenoxy) is 2. The Morgan fingerprint density at radius 2 is 1.92 bits per heavy atom. The highest BCUT2D eigenvalue weighted by molar-refractivity contribution is 5.95. The van der Waals surface area contributed by atoms with E-state index in [0.29, 0.717) is 0 Å². The monoisotopic (exact) mass is 549 g/mol. The zero-order valence-electron chi connectivity index (χ0n) is 26.5. The second-order valence-electron chi connectivity index (χ2n) is 8.62. The fraction of sp³-hybridized carbons (Fsp3) is 0.400. The van der Waals surface area contributed by atoms with Gasteiger partial charge in [0.2, 0.25) is 11.6 Å². The summed E-state index contributed by atoms with van der Waals surface area (Å²) >= 11 is 0. The molecule has 0 fully saturated rings. The molecule has 3 aromatic rings. The summed E-state index contributed by atoms with van der Waals surface area (Å²) < 4.78 is 69.6. The van der Waals surface area contributed by atoms with Gasteiger partial charge in [0.15, 0.2) is 11.5 Å². The predicted molar refractivity (Wildman–Crippen MR) is 134 cm³/mol. The van der Waals surface area contributed by atoms with E-state index >= 15 is 0 Å². The van der Waals surface area contributed by atoms with Gasteiger partial charge in [0.05, 0.1) is 14.9 Å². The normalized spacial score (nSPS) is 13.8. The van der Waals surface area contributed by atoms with Crippen molar-refractivity contribution in [3.63, 3.8) is 0 Å². The van der Waals surface area contributed by atoms with Gasteiger partial charge in [-0.3, -0.25) is 23.7 Å². The number of benzene rings is 1. The van der Waals surface area contributed by atoms with Crippen molar-refractivity contribution in [2.24, 2.45) is 6.98 Å². The number of hydrogen-bond acceptors (Lipinski definition) is 10. The van der Waals surface area contributed by atoms with Gasteiger partial charge in [-0.15, -0.1) is 10.2 Å². The maximum atomic E-state index is 13.7. The molecule has 0 atom stereocenters. The van der Waals surface area contributed by atoms with E-state index in [1.54, 1.807) is 0 Å². The van der Waals surface area contributed by atoms with Crippen LogP contribution in [0.3, 0.4) is 0 Å². The minimum atomic E-state index is -3.25. The summed E-state index contributed by atoms with van der Waals surface area (Å²) in [6, 6.07) is 4.07. The Bertz CT molecular complexity index is 1610. The Morgan fingerprint density at radius 1 is 1.21 bits per heavy atom. The zero-order chi connectivity index (χ0) is 33.0. The first-order valence-electron chi connectivity index (χ1n) is 13.9. The van der Waals surface area contributed by atoms with Crippen molar-refractivity contribution in [3.8, 4) is 5.75 Å². The van der Waals surface area contributed by atoms with E-state index in [9.17, 15) is 23.6 Å². The maximum Gasteiger partial charge on any atom is 0.309 e. The van der Waals surface area contributed by atoms with Gasteiger partial charge < -0.3 is 24.5 Å². The number of methoxy groups -OCH3 is 1. The van der Waals surface area contributed by atoms with Crippen LogP contribution in [0.25, 0.3) is 0 Å². The summed E-state index contributed by atoms with van der Waals surface area (Å²) in [5.41, 5.74) is -4.34. The Labute approximate surface area is 229 Å². The highest BCUT2D eigenvalue weighted by Crippen LogP contribution is 2.21. The number of amides is 2. The number of carbonyl (C=O) groups excluding carboxylic acids is 3. The van der Waals surface area contributed by atoms with Crippen LogP contribution in [-0.2, 0) is 28.5 Å². The molecule has 0 aliphatic carbocycles. The van der Waals surface area contributed by atoms with Gasteiger partial charge >= 0.3 is 11.8 Å². The van der Waals surface area contributed by atoms with E-state index in [1.807, 2.05) is 5.32 Å². The molecule has 2 heterocycles. The number of Topliss-reactive ketones (excluding diaryl/α,β-unsaturated/α-hetero) is 1. The van der Waals surface area contributed by atoms with E-state index in [2.05, 4.69) is 20.5 Å². The van der Waals surface area contributed by atoms with Gasteiger partial charge in [-0.25, -0.2) is 9.37 Å². The van der Waals surface area contributed by atoms with Gasteiger partial charge in [-0.2, -0.15) is 0 Å². The number of carbonyl (C=O) groups is 3. The number of ketones is 1. The summed E-state index contributed by atoms with van der Waals surface area (Å²) in [5.74, 6) is -5.64. The van der Waals surface area contributed by atoms with Gasteiger partial charge in [0.25, 0.3) is 11.5 Å². The lowest BCUT2D eigenvalue weighted by molar-refractivity contribution is -0.121. The van der Waals surface area contributed by atoms with Crippen molar-refractivity contribution in [1.82, 2.24) is 30.4 Å². The van der Waals surface area contributed by atoms with Gasteiger partial charge in [0.1, 0.15) is 18.2 Å². The van der Waals surface area contributed by atoms with Crippen LogP contribution in [0.1, 0.15) is 65.6 Å². The zero-order valence-corrected chi connectivity index (χ0v) is 21.5. The van der Waals surface area contributed by atoms with Crippen LogP contribution in [-0.4, -0.2) is 57.7 Å². The first-order valence-corrected chi connectivity index (χ1v) is 11.4. The van der Waals surface area contributed by atoms with Crippen LogP contribution in [0, 0.1) is 12.7 Å². The Hall–Kier alpha value is -4.46. The van der Waals surface area contributed by atoms with Gasteiger partial charge in [0, 0.05) is 38.0 Å². The van der Waals surface area contributed by atoms with Crippen LogP contribution in [0.15, 0.2) is 33.5 Å². The summed E-state index contributed by atoms with van der Waals surface area (Å²) in [4.78, 5) is 56.4. The minimum absolute atomic E-state index is 0.0115. The lowest BCUT2D eigenvalue weighted by atomic mass is 10.0. The number of aryl methyl sites for hydroxylation is 1. The van der Waals surface area contributed by atoms with E-state index in [1.165, 1.54) is 27.9 Å². The molecule has 0 spiro atoms. The van der Waals surface area contributed by atoms with E-state index in [0.717, 1.165) is 24.3 Å². The third-order valence-corrected chi connectivity index (χ3v) is 5.09. The lowest BCUT2D eigenvalue weighted by Crippen LogP contribution is -2.46. The van der Waals surface area contributed by atoms with Crippen LogP contribution in [0.4, 0.5) is 4.39 Å². The first-order chi connectivity index (χ1) is 20.4. The third-order valence-electron chi connectivity index (χ3n) is 5.09. The number of rotatable bonds is 12. The molecule has 3 rings (SSSR count). The summed E-state index contributed by atoms with van der Waals surface area (Å²) in [7, 11) is 1.35. The standard InChI is InChI=1S/C25H29FN6O7/c1-14-30-31-22(39-14)21(35)29-25(2,3)24-28-18(20(34)27-12-15-6-8-16(26)9-7-15)19(23(36)32(24)4)38-13-17(33)10-11-37-5/h6-9H,10-13H2,1-5H3,(H,27,34)(H,29,35)/i4D3,12D2. The van der Waals surface area contributed by atoms with Gasteiger partial charge in [-0.05, 0) is 31.5 Å². The topological polar surface area (TPSA) is 168 Å². The Balaban J connectivity index is 2.17. The molecule has 0 aliphatic heterocycles. The molecule has 1 aromatic carbocycles. The molecule has 0 saturated heterocycles. The Morgan fingerprint density at radius 3 is 2.54 bits per heavy atom. The van der Waals surface area contributed by atoms with Crippen molar-refractivity contribution in [2.75, 3.05) is 20.3 Å². The molecule has 0 unspecified atom stereocenters. The molecule has 0 saturated carbocycles. The molecule has 39 heavy (non-hydrogen) atoms. The average Bonchev–Trinajstić information content (AvgIpc) is 3.36. The molecular weight excluding hydrogens is 515 g/mol. The van der Waals surface area contributed by atoms with Crippen LogP contribution < -0.4 is 20.9 Å². The minimum Gasteiger partial charge on any atom is -0.478 e. The SMILES string of the molecule is [2H]C([2H])(NC(=O)c1nc(C(C)(C)NC(=O)c2nnc(C)o2)n(C([2H])([2H])[2H])c(=O)c1OCC(=O)CCOC)c1ccc(F)cc1. The van der Waals surface area contributed by atoms with Crippen molar-refractivity contribution < 1.29 is 39.5 Å². The molecule has 14 heteroatoms. The van der Waals surface area contributed by atoms with Crippen LogP contribution in [0.5, 0.6) is 5.75 Å². The second kappa shape index (κ2) is 12.4. The van der Waals surface area contributed by atoms with E-state index in [-0.39, 0.29) is 29.0 Å². The highest BCUT2D eigenvalue weighted by atomic mass is 19.1. The summed E-state index contributed by atoms with van der Waals surface area (Å²) in [6.45, 7) is -2.72. The van der Waals surface area contributed by atoms with Crippen molar-refractivity contribution in [3.05, 3.63) is 69.3 Å². The van der Waals surface area contributed by atoms with Crippen molar-refractivity contribution in [2.45, 2.75) is 39.2 Å². The molecule has 0 radical (unpaired) electrons. The molecule has 0 bridgehead atoms. The fourth-order valence-corrected chi connectivity index (χ4v) is 3.15. The average molecular weight is 550 g/mol. The first kappa shape index (κ1) is 22.5. The van der Waals surface area contributed by atoms with E-state index in [4.69, 9.17) is 20.7 Å². The largest absolute Gasteiger partial charge is 0.478 e. The van der Waals surface area contributed by atoms with Crippen molar-refractivity contribution in [1.29, 1.82) is 0 Å². The number of nitrogens with one attached hydrogen (secondary N) is 2. The predicted octanol–water partition coefficient (Wildman–Crippen LogP) is 1.19. The molecular formula is C25H29FN6O7. The molecule has 2 aromatic heterocycles. The maximum absolute atomic E-state index is 13.7. The molecule has 208 valence electrons. The number of halogens is 1. The summed E-state index contributed by atoms with van der Waals surface area (Å²) in [6.07, 6.45) is -0.141. The van der Waals surface area contributed by atoms with Gasteiger partial charge in [-0.1, -0.05) is 12.1 Å². The third kappa shape index (κ3) is 7.31. The van der Waals surface area contributed by atoms with Crippen molar-refractivity contribution >= 4 is 17.6 Å². The second-order valence-corrected chi connectivity index (χ2v) is 8.62. The number of hydrogen-bond donors (Lipinski definition) is 2. The lowest BCUT2D eigenvalue weighted by Gasteiger charge is -2.27. The Kier molecular flexibility index (Phi) is 7.15. The molecule has 2 N–H and O–H groups in total. The van der Waals surface area contributed by atoms with E-state index < -0.39 is 77.8 Å². The van der Waals surface area contributed by atoms with Crippen LogP contribution in [0.2, 0.25) is 0 Å². The molecule has 13 nitrogen and oxygen atoms in total. The fourth-order valence-electron chi connectivity index (χ4n) is 3.15. The number of nitrogens with zero attached hydrogens (tertiary/aromatic N) is 4. The molecule has 2 amide bonds. The quantitative estimate of drug-likeness (QED) is 0.335.